The smallest absolute Gasteiger partial charge is 0.223 e. The zero-order chi connectivity index (χ0) is 10.8. The molecule has 2 rings (SSSR count). The van der Waals surface area contributed by atoms with Gasteiger partial charge in [0.25, 0.3) is 0 Å². The molecule has 3 atom stereocenters. The number of hydrogen-bond donors (Lipinski definition) is 1. The standard InChI is InChI=1S/C12H18N2O/c1-2-11(3-4-13)14-12(15)10-6-8-5-9(8)7-10/h8-11H,2-3,5-7H2,1H3,(H,14,15). The van der Waals surface area contributed by atoms with Crippen molar-refractivity contribution in [2.75, 3.05) is 0 Å². The summed E-state index contributed by atoms with van der Waals surface area (Å²) in [5.74, 6) is 2.11. The molecule has 0 bridgehead atoms. The molecule has 0 saturated heterocycles. The highest BCUT2D eigenvalue weighted by Crippen LogP contribution is 2.54. The largest absolute Gasteiger partial charge is 0.352 e. The first-order valence-electron chi connectivity index (χ1n) is 5.92. The Kier molecular flexibility index (Phi) is 2.95. The van der Waals surface area contributed by atoms with Gasteiger partial charge in [-0.2, -0.15) is 5.26 Å². The Bertz CT molecular complexity index is 284. The number of fused-ring (bicyclic) bond motifs is 1. The van der Waals surface area contributed by atoms with Gasteiger partial charge >= 0.3 is 0 Å². The fraction of sp³-hybridized carbons (Fsp3) is 0.833. The molecule has 1 N–H and O–H groups in total. The van der Waals surface area contributed by atoms with E-state index in [9.17, 15) is 4.79 Å². The van der Waals surface area contributed by atoms with Crippen molar-refractivity contribution in [1.29, 1.82) is 5.26 Å². The molecule has 0 aromatic carbocycles. The highest BCUT2D eigenvalue weighted by Gasteiger charge is 2.48. The fourth-order valence-corrected chi connectivity index (χ4v) is 2.66. The molecule has 1 amide bonds. The summed E-state index contributed by atoms with van der Waals surface area (Å²) in [4.78, 5) is 11.8. The highest BCUT2D eigenvalue weighted by molar-refractivity contribution is 5.79. The van der Waals surface area contributed by atoms with Crippen LogP contribution in [-0.2, 0) is 4.79 Å². The van der Waals surface area contributed by atoms with Crippen LogP contribution in [0.4, 0.5) is 0 Å². The molecular formula is C12H18N2O. The lowest BCUT2D eigenvalue weighted by molar-refractivity contribution is -0.125. The average Bonchev–Trinajstić information content (AvgIpc) is 2.85. The van der Waals surface area contributed by atoms with E-state index >= 15 is 0 Å². The third-order valence-electron chi connectivity index (χ3n) is 3.79. The van der Waals surface area contributed by atoms with E-state index in [2.05, 4.69) is 11.4 Å². The lowest BCUT2D eigenvalue weighted by atomic mass is 10.0. The van der Waals surface area contributed by atoms with Gasteiger partial charge in [0.05, 0.1) is 12.5 Å². The summed E-state index contributed by atoms with van der Waals surface area (Å²) in [6.45, 7) is 2.01. The van der Waals surface area contributed by atoms with Crippen LogP contribution >= 0.6 is 0 Å². The van der Waals surface area contributed by atoms with Crippen LogP contribution in [0.15, 0.2) is 0 Å². The van der Waals surface area contributed by atoms with Crippen LogP contribution in [0, 0.1) is 29.1 Å². The van der Waals surface area contributed by atoms with Gasteiger partial charge < -0.3 is 5.32 Å². The summed E-state index contributed by atoms with van der Waals surface area (Å²) in [5.41, 5.74) is 0. The average molecular weight is 206 g/mol. The Hall–Kier alpha value is -1.04. The normalized spacial score (nSPS) is 34.0. The molecule has 2 aliphatic carbocycles. The number of amides is 1. The Labute approximate surface area is 90.8 Å². The molecular weight excluding hydrogens is 188 g/mol. The molecule has 2 saturated carbocycles. The Morgan fingerprint density at radius 3 is 2.67 bits per heavy atom. The summed E-state index contributed by atoms with van der Waals surface area (Å²) in [6.07, 6.45) is 4.79. The summed E-state index contributed by atoms with van der Waals surface area (Å²) in [6, 6.07) is 2.17. The lowest BCUT2D eigenvalue weighted by Crippen LogP contribution is -2.38. The first-order chi connectivity index (χ1) is 7.24. The number of nitriles is 1. The van der Waals surface area contributed by atoms with Crippen molar-refractivity contribution in [3.05, 3.63) is 0 Å². The lowest BCUT2D eigenvalue weighted by Gasteiger charge is -2.17. The fourth-order valence-electron chi connectivity index (χ4n) is 2.66. The van der Waals surface area contributed by atoms with E-state index < -0.39 is 0 Å². The van der Waals surface area contributed by atoms with Crippen molar-refractivity contribution < 1.29 is 4.79 Å². The Morgan fingerprint density at radius 1 is 1.47 bits per heavy atom. The number of carbonyl (C=O) groups excluding carboxylic acids is 1. The monoisotopic (exact) mass is 206 g/mol. The molecule has 0 aromatic rings. The highest BCUT2D eigenvalue weighted by atomic mass is 16.1. The van der Waals surface area contributed by atoms with Gasteiger partial charge in [0.15, 0.2) is 0 Å². The quantitative estimate of drug-likeness (QED) is 0.763. The van der Waals surface area contributed by atoms with E-state index in [1.165, 1.54) is 6.42 Å². The second-order valence-corrected chi connectivity index (χ2v) is 4.90. The van der Waals surface area contributed by atoms with Crippen molar-refractivity contribution in [2.45, 2.75) is 45.1 Å². The first-order valence-corrected chi connectivity index (χ1v) is 5.92. The van der Waals surface area contributed by atoms with Crippen molar-refractivity contribution in [2.24, 2.45) is 17.8 Å². The Morgan fingerprint density at radius 2 is 2.13 bits per heavy atom. The van der Waals surface area contributed by atoms with Crippen LogP contribution in [0.5, 0.6) is 0 Å². The second-order valence-electron chi connectivity index (χ2n) is 4.90. The van der Waals surface area contributed by atoms with Crippen molar-refractivity contribution in [3.8, 4) is 6.07 Å². The molecule has 3 nitrogen and oxygen atoms in total. The predicted molar refractivity (Wildman–Crippen MR) is 56.8 cm³/mol. The summed E-state index contributed by atoms with van der Waals surface area (Å²) in [7, 11) is 0. The van der Waals surface area contributed by atoms with E-state index in [-0.39, 0.29) is 17.9 Å². The Balaban J connectivity index is 1.78. The van der Waals surface area contributed by atoms with E-state index in [1.54, 1.807) is 0 Å². The number of nitrogens with zero attached hydrogens (tertiary/aromatic N) is 1. The van der Waals surface area contributed by atoms with E-state index in [0.29, 0.717) is 6.42 Å². The minimum Gasteiger partial charge on any atom is -0.352 e. The molecule has 0 aliphatic heterocycles. The van der Waals surface area contributed by atoms with Crippen molar-refractivity contribution >= 4 is 5.91 Å². The second kappa shape index (κ2) is 4.22. The third kappa shape index (κ3) is 2.31. The molecule has 2 fully saturated rings. The minimum atomic E-state index is 0.0550. The molecule has 15 heavy (non-hydrogen) atoms. The van der Waals surface area contributed by atoms with E-state index in [1.807, 2.05) is 6.92 Å². The van der Waals surface area contributed by atoms with Gasteiger partial charge in [-0.15, -0.1) is 0 Å². The molecule has 3 heteroatoms. The molecule has 0 radical (unpaired) electrons. The molecule has 0 spiro atoms. The molecule has 0 aromatic heterocycles. The maximum absolute atomic E-state index is 11.8. The van der Waals surface area contributed by atoms with Crippen molar-refractivity contribution in [3.63, 3.8) is 0 Å². The van der Waals surface area contributed by atoms with Crippen molar-refractivity contribution in [1.82, 2.24) is 5.32 Å². The minimum absolute atomic E-state index is 0.0550. The zero-order valence-corrected chi connectivity index (χ0v) is 9.20. The topological polar surface area (TPSA) is 52.9 Å². The van der Waals surface area contributed by atoms with E-state index in [4.69, 9.17) is 5.26 Å². The van der Waals surface area contributed by atoms with E-state index in [0.717, 1.165) is 31.1 Å². The summed E-state index contributed by atoms with van der Waals surface area (Å²) >= 11 is 0. The van der Waals surface area contributed by atoms with Crippen LogP contribution in [0.3, 0.4) is 0 Å². The van der Waals surface area contributed by atoms with Gasteiger partial charge in [-0.05, 0) is 37.5 Å². The van der Waals surface area contributed by atoms with Gasteiger partial charge in [-0.3, -0.25) is 4.79 Å². The van der Waals surface area contributed by atoms with Crippen LogP contribution in [0.1, 0.15) is 39.0 Å². The third-order valence-corrected chi connectivity index (χ3v) is 3.79. The molecule has 3 unspecified atom stereocenters. The maximum Gasteiger partial charge on any atom is 0.223 e. The van der Waals surface area contributed by atoms with Gasteiger partial charge in [-0.1, -0.05) is 6.92 Å². The number of nitrogens with one attached hydrogen (secondary N) is 1. The summed E-state index contributed by atoms with van der Waals surface area (Å²) in [5, 5.41) is 11.6. The SMILES string of the molecule is CCC(CC#N)NC(=O)C1CC2CC2C1. The van der Waals surface area contributed by atoms with Gasteiger partial charge in [0, 0.05) is 12.0 Å². The van der Waals surface area contributed by atoms with Crippen LogP contribution in [0.25, 0.3) is 0 Å². The molecule has 0 heterocycles. The van der Waals surface area contributed by atoms with Crippen LogP contribution in [0.2, 0.25) is 0 Å². The van der Waals surface area contributed by atoms with Gasteiger partial charge in [-0.25, -0.2) is 0 Å². The number of hydrogen-bond acceptors (Lipinski definition) is 2. The number of rotatable bonds is 4. The van der Waals surface area contributed by atoms with Crippen LogP contribution in [-0.4, -0.2) is 11.9 Å². The zero-order valence-electron chi connectivity index (χ0n) is 9.20. The molecule has 2 aliphatic rings. The summed E-state index contributed by atoms with van der Waals surface area (Å²) < 4.78 is 0. The molecule has 82 valence electrons. The van der Waals surface area contributed by atoms with Crippen LogP contribution < -0.4 is 5.32 Å². The predicted octanol–water partition coefficient (Wildman–Crippen LogP) is 1.84. The van der Waals surface area contributed by atoms with Gasteiger partial charge in [0.2, 0.25) is 5.91 Å². The first kappa shape index (κ1) is 10.5. The van der Waals surface area contributed by atoms with Gasteiger partial charge in [0.1, 0.15) is 0 Å². The number of carbonyl (C=O) groups is 1. The maximum atomic E-state index is 11.8.